The van der Waals surface area contributed by atoms with E-state index < -0.39 is 11.4 Å². The monoisotopic (exact) mass is 377 g/mol. The fraction of sp³-hybridized carbons (Fsp3) is 0.312. The number of amides is 1. The summed E-state index contributed by atoms with van der Waals surface area (Å²) in [4.78, 5) is 25.5. The number of carbonyl (C=O) groups excluding carboxylic acids is 1. The predicted molar refractivity (Wildman–Crippen MR) is 88.0 cm³/mol. The average molecular weight is 378 g/mol. The lowest BCUT2D eigenvalue weighted by Crippen LogP contribution is -2.35. The lowest BCUT2D eigenvalue weighted by atomic mass is 9.90. The Labute approximate surface area is 141 Å². The van der Waals surface area contributed by atoms with Crippen LogP contribution < -0.4 is 0 Å². The zero-order valence-corrected chi connectivity index (χ0v) is 14.1. The molecule has 1 aromatic carbocycles. The molecular formula is C16H16BrN3O3. The van der Waals surface area contributed by atoms with Crippen molar-refractivity contribution in [2.45, 2.75) is 13.3 Å². The Balaban J connectivity index is 1.85. The summed E-state index contributed by atoms with van der Waals surface area (Å²) in [6.45, 7) is 2.29. The van der Waals surface area contributed by atoms with Gasteiger partial charge in [0.15, 0.2) is 0 Å². The first-order valence-corrected chi connectivity index (χ1v) is 8.03. The Morgan fingerprint density at radius 1 is 1.35 bits per heavy atom. The molecule has 2 heterocycles. The fourth-order valence-corrected chi connectivity index (χ4v) is 3.30. The molecule has 1 unspecified atom stereocenters. The highest BCUT2D eigenvalue weighted by Crippen LogP contribution is 2.33. The summed E-state index contributed by atoms with van der Waals surface area (Å²) in [6, 6.07) is 9.53. The minimum Gasteiger partial charge on any atom is -0.481 e. The van der Waals surface area contributed by atoms with Gasteiger partial charge in [0.1, 0.15) is 11.4 Å². The minimum absolute atomic E-state index is 0.202. The van der Waals surface area contributed by atoms with Crippen molar-refractivity contribution in [2.24, 2.45) is 5.41 Å². The number of carbonyl (C=O) groups is 2. The second-order valence-corrected chi connectivity index (χ2v) is 6.76. The summed E-state index contributed by atoms with van der Waals surface area (Å²) in [6.07, 6.45) is 0.450. The van der Waals surface area contributed by atoms with Gasteiger partial charge in [0.05, 0.1) is 9.89 Å². The van der Waals surface area contributed by atoms with Gasteiger partial charge in [-0.1, -0.05) is 30.3 Å². The lowest BCUT2D eigenvalue weighted by Gasteiger charge is -2.19. The third-order valence-electron chi connectivity index (χ3n) is 4.24. The largest absolute Gasteiger partial charge is 0.481 e. The van der Waals surface area contributed by atoms with Crippen molar-refractivity contribution in [3.63, 3.8) is 0 Å². The first-order chi connectivity index (χ1) is 10.9. The second kappa shape index (κ2) is 5.81. The Hall–Kier alpha value is -2.15. The van der Waals surface area contributed by atoms with Crippen molar-refractivity contribution < 1.29 is 14.7 Å². The molecule has 0 bridgehead atoms. The van der Waals surface area contributed by atoms with E-state index in [9.17, 15) is 14.7 Å². The quantitative estimate of drug-likeness (QED) is 0.860. The summed E-state index contributed by atoms with van der Waals surface area (Å²) in [7, 11) is 0. The van der Waals surface area contributed by atoms with Crippen LogP contribution in [0.1, 0.15) is 23.8 Å². The first kappa shape index (κ1) is 15.7. The third kappa shape index (κ3) is 2.76. The Morgan fingerprint density at radius 3 is 2.65 bits per heavy atom. The molecule has 1 aliphatic heterocycles. The average Bonchev–Trinajstić information content (AvgIpc) is 3.12. The molecule has 6 nitrogen and oxygen atoms in total. The molecule has 1 aliphatic rings. The minimum atomic E-state index is -0.885. The molecule has 1 amide bonds. The van der Waals surface area contributed by atoms with Crippen LogP contribution in [0.5, 0.6) is 0 Å². The number of carboxylic acids is 1. The van der Waals surface area contributed by atoms with Crippen molar-refractivity contribution in [3.05, 3.63) is 40.5 Å². The number of rotatable bonds is 3. The first-order valence-electron chi connectivity index (χ1n) is 7.24. The Morgan fingerprint density at radius 2 is 2.04 bits per heavy atom. The van der Waals surface area contributed by atoms with Crippen LogP contribution in [-0.4, -0.2) is 45.2 Å². The van der Waals surface area contributed by atoms with E-state index in [1.165, 1.54) is 0 Å². The van der Waals surface area contributed by atoms with E-state index in [0.29, 0.717) is 28.8 Å². The van der Waals surface area contributed by atoms with Gasteiger partial charge in [0, 0.05) is 18.7 Å². The molecule has 2 N–H and O–H groups in total. The SMILES string of the molecule is CC1(C(=O)O)CCN(C(=O)c2[nH]nc(-c3ccccc3)c2Br)C1. The number of carboxylic acid groups (broad SMARTS) is 1. The van der Waals surface area contributed by atoms with Crippen LogP contribution >= 0.6 is 15.9 Å². The van der Waals surface area contributed by atoms with Gasteiger partial charge in [-0.2, -0.15) is 5.10 Å². The fourth-order valence-electron chi connectivity index (χ4n) is 2.72. The maximum absolute atomic E-state index is 12.7. The Kier molecular flexibility index (Phi) is 3.97. The molecule has 1 aromatic heterocycles. The van der Waals surface area contributed by atoms with Gasteiger partial charge in [-0.15, -0.1) is 0 Å². The van der Waals surface area contributed by atoms with Crippen LogP contribution in [0.4, 0.5) is 0 Å². The van der Waals surface area contributed by atoms with Gasteiger partial charge in [-0.05, 0) is 29.3 Å². The van der Waals surface area contributed by atoms with E-state index in [2.05, 4.69) is 26.1 Å². The topological polar surface area (TPSA) is 86.3 Å². The maximum Gasteiger partial charge on any atom is 0.311 e. The van der Waals surface area contributed by atoms with Crippen LogP contribution in [0.15, 0.2) is 34.8 Å². The number of hydrogen-bond acceptors (Lipinski definition) is 3. The number of hydrogen-bond donors (Lipinski definition) is 2. The van der Waals surface area contributed by atoms with Gasteiger partial charge in [0.25, 0.3) is 5.91 Å². The number of aromatic amines is 1. The van der Waals surface area contributed by atoms with E-state index in [1.807, 2.05) is 30.3 Å². The Bertz CT molecular complexity index is 759. The number of halogens is 1. The third-order valence-corrected chi connectivity index (χ3v) is 5.02. The molecule has 1 fully saturated rings. The number of nitrogens with zero attached hydrogens (tertiary/aromatic N) is 2. The zero-order chi connectivity index (χ0) is 16.6. The van der Waals surface area contributed by atoms with Crippen LogP contribution in [-0.2, 0) is 4.79 Å². The summed E-state index contributed by atoms with van der Waals surface area (Å²) in [5.41, 5.74) is 1.02. The van der Waals surface area contributed by atoms with Crippen molar-refractivity contribution in [3.8, 4) is 11.3 Å². The molecule has 3 rings (SSSR count). The highest BCUT2D eigenvalue weighted by molar-refractivity contribution is 9.10. The molecule has 1 atom stereocenters. The van der Waals surface area contributed by atoms with Crippen molar-refractivity contribution in [1.29, 1.82) is 0 Å². The maximum atomic E-state index is 12.7. The van der Waals surface area contributed by atoms with Crippen LogP contribution in [0, 0.1) is 5.41 Å². The molecule has 0 radical (unpaired) electrons. The number of nitrogens with one attached hydrogen (secondary N) is 1. The van der Waals surface area contributed by atoms with E-state index in [1.54, 1.807) is 11.8 Å². The second-order valence-electron chi connectivity index (χ2n) is 5.97. The molecule has 23 heavy (non-hydrogen) atoms. The molecular weight excluding hydrogens is 362 g/mol. The van der Waals surface area contributed by atoms with Crippen molar-refractivity contribution in [1.82, 2.24) is 15.1 Å². The van der Waals surface area contributed by atoms with E-state index in [0.717, 1.165) is 5.56 Å². The van der Waals surface area contributed by atoms with Gasteiger partial charge >= 0.3 is 5.97 Å². The molecule has 0 saturated carbocycles. The highest BCUT2D eigenvalue weighted by atomic mass is 79.9. The summed E-state index contributed by atoms with van der Waals surface area (Å²) in [5, 5.41) is 16.3. The van der Waals surface area contributed by atoms with Crippen molar-refractivity contribution >= 4 is 27.8 Å². The number of H-pyrrole nitrogens is 1. The normalized spacial score (nSPS) is 20.7. The molecule has 7 heteroatoms. The van der Waals surface area contributed by atoms with Gasteiger partial charge in [0.2, 0.25) is 0 Å². The van der Waals surface area contributed by atoms with Crippen molar-refractivity contribution in [2.75, 3.05) is 13.1 Å². The number of benzene rings is 1. The molecule has 0 aliphatic carbocycles. The van der Waals surface area contributed by atoms with Crippen LogP contribution in [0.3, 0.4) is 0 Å². The molecule has 1 saturated heterocycles. The van der Waals surface area contributed by atoms with Gasteiger partial charge in [-0.3, -0.25) is 14.7 Å². The van der Waals surface area contributed by atoms with E-state index in [4.69, 9.17) is 0 Å². The smallest absolute Gasteiger partial charge is 0.311 e. The zero-order valence-electron chi connectivity index (χ0n) is 12.5. The number of aliphatic carboxylic acids is 1. The van der Waals surface area contributed by atoms with E-state index >= 15 is 0 Å². The molecule has 120 valence electrons. The lowest BCUT2D eigenvalue weighted by molar-refractivity contribution is -0.147. The summed E-state index contributed by atoms with van der Waals surface area (Å²) >= 11 is 3.44. The van der Waals surface area contributed by atoms with Crippen LogP contribution in [0.2, 0.25) is 0 Å². The number of likely N-dealkylation sites (tertiary alicyclic amines) is 1. The van der Waals surface area contributed by atoms with Crippen LogP contribution in [0.25, 0.3) is 11.3 Å². The standard InChI is InChI=1S/C16H16BrN3O3/c1-16(15(22)23)7-8-20(9-16)14(21)13-11(17)12(18-19-13)10-5-3-2-4-6-10/h2-6H,7-9H2,1H3,(H,18,19)(H,22,23). The van der Waals surface area contributed by atoms with Gasteiger partial charge < -0.3 is 10.0 Å². The van der Waals surface area contributed by atoms with E-state index in [-0.39, 0.29) is 12.5 Å². The highest BCUT2D eigenvalue weighted by Gasteiger charge is 2.43. The van der Waals surface area contributed by atoms with Gasteiger partial charge in [-0.25, -0.2) is 0 Å². The summed E-state index contributed by atoms with van der Waals surface area (Å²) in [5.74, 6) is -1.11. The summed E-state index contributed by atoms with van der Waals surface area (Å²) < 4.78 is 0.595. The molecule has 2 aromatic rings. The molecule has 0 spiro atoms. The predicted octanol–water partition coefficient (Wildman–Crippen LogP) is 2.78. The number of aromatic nitrogens is 2.